The van der Waals surface area contributed by atoms with E-state index in [2.05, 4.69) is 146 Å². The molecule has 9 aromatic rings. The van der Waals surface area contributed by atoms with Gasteiger partial charge in [0.05, 0.1) is 5.92 Å². The van der Waals surface area contributed by atoms with Gasteiger partial charge in [-0.2, -0.15) is 0 Å². The van der Waals surface area contributed by atoms with Gasteiger partial charge in [0.25, 0.3) is 0 Å². The summed E-state index contributed by atoms with van der Waals surface area (Å²) in [5.41, 5.74) is 6.21. The van der Waals surface area contributed by atoms with Crippen molar-refractivity contribution < 1.29 is 4.42 Å². The summed E-state index contributed by atoms with van der Waals surface area (Å²) in [5, 5.41) is 8.38. The van der Waals surface area contributed by atoms with E-state index in [9.17, 15) is 0 Å². The molecule has 10 rings (SSSR count). The number of fused-ring (bicyclic) bond motifs is 7. The van der Waals surface area contributed by atoms with E-state index in [1.165, 1.54) is 26.9 Å². The number of nitrogens with zero attached hydrogens (tertiary/aromatic N) is 3. The summed E-state index contributed by atoms with van der Waals surface area (Å²) in [6.07, 6.45) is 4.34. The Balaban J connectivity index is 1.19. The highest BCUT2D eigenvalue weighted by Crippen LogP contribution is 2.47. The van der Waals surface area contributed by atoms with E-state index in [1.807, 2.05) is 18.2 Å². The summed E-state index contributed by atoms with van der Waals surface area (Å²) in [5.74, 6) is 2.89. The van der Waals surface area contributed by atoms with Crippen molar-refractivity contribution in [1.29, 1.82) is 0 Å². The van der Waals surface area contributed by atoms with E-state index < -0.39 is 0 Å². The predicted molar refractivity (Wildman–Crippen MR) is 205 cm³/mol. The quantitative estimate of drug-likeness (QED) is 0.179. The molecule has 4 heteroatoms. The molecule has 2 heterocycles. The summed E-state index contributed by atoms with van der Waals surface area (Å²) in [4.78, 5) is 15.6. The van der Waals surface area contributed by atoms with Gasteiger partial charge in [0.1, 0.15) is 17.2 Å². The first-order valence-corrected chi connectivity index (χ1v) is 17.1. The smallest absolute Gasteiger partial charge is 0.163 e. The average Bonchev–Trinajstić information content (AvgIpc) is 3.56. The Kier molecular flexibility index (Phi) is 6.50. The number of allylic oxidation sites excluding steroid dienone is 1. The van der Waals surface area contributed by atoms with Gasteiger partial charge in [-0.15, -0.1) is 0 Å². The van der Waals surface area contributed by atoms with Crippen LogP contribution in [0.4, 0.5) is 0 Å². The number of benzene rings is 7. The molecule has 2 unspecified atom stereocenters. The van der Waals surface area contributed by atoms with Crippen molar-refractivity contribution in [3.8, 4) is 33.9 Å². The lowest BCUT2D eigenvalue weighted by molar-refractivity contribution is 0.545. The van der Waals surface area contributed by atoms with E-state index in [1.54, 1.807) is 0 Å². The maximum atomic E-state index is 6.60. The standard InChI is InChI=1S/C46H31N3O/c1-28-18-25-40-43(42-38(16-9-17-39(42)50-40)34-21-19-29-10-5-6-14-32(29)26-34)41(28)46-48-44(31-12-3-2-4-13-31)47-45(49-46)35-23-24-37-33(27-35)22-20-30-11-7-8-15-36(30)37/h2-28,41H,1H3. The normalized spacial score (nSPS) is 15.6. The molecular weight excluding hydrogens is 611 g/mol. The topological polar surface area (TPSA) is 51.8 Å². The Hall–Kier alpha value is -6.39. The molecule has 0 radical (unpaired) electrons. The highest BCUT2D eigenvalue weighted by Gasteiger charge is 2.34. The van der Waals surface area contributed by atoms with Gasteiger partial charge in [0, 0.05) is 22.1 Å². The van der Waals surface area contributed by atoms with E-state index in [0.717, 1.165) is 55.8 Å². The molecule has 50 heavy (non-hydrogen) atoms. The van der Waals surface area contributed by atoms with Crippen LogP contribution in [-0.4, -0.2) is 15.0 Å². The first-order chi connectivity index (χ1) is 24.7. The summed E-state index contributed by atoms with van der Waals surface area (Å²) in [6, 6.07) is 51.2. The number of hydrogen-bond donors (Lipinski definition) is 0. The Morgan fingerprint density at radius 2 is 1.20 bits per heavy atom. The molecular formula is C46H31N3O. The zero-order chi connectivity index (χ0) is 33.2. The Morgan fingerprint density at radius 1 is 0.520 bits per heavy atom. The van der Waals surface area contributed by atoms with Crippen molar-refractivity contribution in [2.45, 2.75) is 12.8 Å². The van der Waals surface area contributed by atoms with Crippen molar-refractivity contribution in [2.24, 2.45) is 5.92 Å². The molecule has 0 spiro atoms. The Morgan fingerprint density at radius 3 is 2.08 bits per heavy atom. The lowest BCUT2D eigenvalue weighted by atomic mass is 9.79. The maximum absolute atomic E-state index is 6.60. The van der Waals surface area contributed by atoms with Crippen LogP contribution in [0, 0.1) is 5.92 Å². The van der Waals surface area contributed by atoms with E-state index in [4.69, 9.17) is 19.4 Å². The van der Waals surface area contributed by atoms with Crippen molar-refractivity contribution in [2.75, 3.05) is 0 Å². The molecule has 1 aliphatic rings. The number of aromatic nitrogens is 3. The number of rotatable bonds is 4. The molecule has 7 aromatic carbocycles. The summed E-state index contributed by atoms with van der Waals surface area (Å²) in [7, 11) is 0. The van der Waals surface area contributed by atoms with Crippen LogP contribution in [0.25, 0.3) is 83.3 Å². The molecule has 236 valence electrons. The van der Waals surface area contributed by atoms with E-state index in [0.29, 0.717) is 11.6 Å². The van der Waals surface area contributed by atoms with Crippen LogP contribution < -0.4 is 0 Å². The Labute approximate surface area is 289 Å². The largest absolute Gasteiger partial charge is 0.456 e. The van der Waals surface area contributed by atoms with Gasteiger partial charge in [-0.25, -0.2) is 15.0 Å². The lowest BCUT2D eigenvalue weighted by Gasteiger charge is -2.25. The fourth-order valence-corrected chi connectivity index (χ4v) is 7.73. The molecule has 2 atom stereocenters. The van der Waals surface area contributed by atoms with Gasteiger partial charge in [-0.05, 0) is 73.6 Å². The van der Waals surface area contributed by atoms with Crippen molar-refractivity contribution in [1.82, 2.24) is 15.0 Å². The Bertz CT molecular complexity index is 2800. The summed E-state index contributed by atoms with van der Waals surface area (Å²) < 4.78 is 6.60. The average molecular weight is 642 g/mol. The summed E-state index contributed by atoms with van der Waals surface area (Å²) >= 11 is 0. The third-order valence-electron chi connectivity index (χ3n) is 10.2. The molecule has 0 aliphatic heterocycles. The van der Waals surface area contributed by atoms with Gasteiger partial charge in [0.2, 0.25) is 0 Å². The fourth-order valence-electron chi connectivity index (χ4n) is 7.73. The van der Waals surface area contributed by atoms with Crippen molar-refractivity contribution in [3.63, 3.8) is 0 Å². The molecule has 0 amide bonds. The highest BCUT2D eigenvalue weighted by molar-refractivity contribution is 6.08. The van der Waals surface area contributed by atoms with Gasteiger partial charge in [-0.1, -0.05) is 140 Å². The van der Waals surface area contributed by atoms with Crippen LogP contribution in [-0.2, 0) is 0 Å². The maximum Gasteiger partial charge on any atom is 0.163 e. The monoisotopic (exact) mass is 641 g/mol. The van der Waals surface area contributed by atoms with Crippen LogP contribution in [0.1, 0.15) is 30.0 Å². The van der Waals surface area contributed by atoms with Gasteiger partial charge >= 0.3 is 0 Å². The molecule has 0 saturated carbocycles. The fraction of sp³-hybridized carbons (Fsp3) is 0.0652. The minimum atomic E-state index is -0.147. The minimum absolute atomic E-state index is 0.120. The van der Waals surface area contributed by atoms with E-state index in [-0.39, 0.29) is 11.8 Å². The SMILES string of the molecule is CC1C=Cc2oc3cccc(-c4ccc5ccccc5c4)c3c2C1c1nc(-c2ccccc2)nc(-c2ccc3c(ccc4ccccc43)c2)n1. The third-order valence-corrected chi connectivity index (χ3v) is 10.2. The molecule has 2 aromatic heterocycles. The predicted octanol–water partition coefficient (Wildman–Crippen LogP) is 11.9. The van der Waals surface area contributed by atoms with Crippen LogP contribution in [0.5, 0.6) is 0 Å². The molecule has 4 nitrogen and oxygen atoms in total. The molecule has 0 fully saturated rings. The van der Waals surface area contributed by atoms with Gasteiger partial charge < -0.3 is 4.42 Å². The zero-order valence-electron chi connectivity index (χ0n) is 27.4. The first kappa shape index (κ1) is 28.6. The minimum Gasteiger partial charge on any atom is -0.456 e. The van der Waals surface area contributed by atoms with Gasteiger partial charge in [0.15, 0.2) is 11.6 Å². The second kappa shape index (κ2) is 11.4. The highest BCUT2D eigenvalue weighted by atomic mass is 16.3. The second-order valence-electron chi connectivity index (χ2n) is 13.2. The molecule has 1 aliphatic carbocycles. The molecule has 0 saturated heterocycles. The van der Waals surface area contributed by atoms with Crippen molar-refractivity contribution in [3.05, 3.63) is 169 Å². The van der Waals surface area contributed by atoms with E-state index >= 15 is 0 Å². The van der Waals surface area contributed by atoms with Crippen LogP contribution >= 0.6 is 0 Å². The summed E-state index contributed by atoms with van der Waals surface area (Å²) in [6.45, 7) is 2.24. The van der Waals surface area contributed by atoms with Crippen molar-refractivity contribution >= 4 is 49.4 Å². The molecule has 0 bridgehead atoms. The van der Waals surface area contributed by atoms with Crippen LogP contribution in [0.2, 0.25) is 0 Å². The first-order valence-electron chi connectivity index (χ1n) is 17.1. The number of furan rings is 1. The van der Waals surface area contributed by atoms with Crippen LogP contribution in [0.3, 0.4) is 0 Å². The molecule has 0 N–H and O–H groups in total. The third kappa shape index (κ3) is 4.64. The van der Waals surface area contributed by atoms with Crippen LogP contribution in [0.15, 0.2) is 156 Å². The lowest BCUT2D eigenvalue weighted by Crippen LogP contribution is -2.18. The van der Waals surface area contributed by atoms with Gasteiger partial charge in [-0.3, -0.25) is 0 Å². The number of hydrogen-bond acceptors (Lipinski definition) is 4. The second-order valence-corrected chi connectivity index (χ2v) is 13.2. The zero-order valence-corrected chi connectivity index (χ0v) is 27.4.